The molecule has 1 aromatic heterocycles. The lowest BCUT2D eigenvalue weighted by Gasteiger charge is -2.31. The van der Waals surface area contributed by atoms with Gasteiger partial charge >= 0.3 is 0 Å². The molecular weight excluding hydrogens is 282 g/mol. The summed E-state index contributed by atoms with van der Waals surface area (Å²) in [5.74, 6) is 0. The van der Waals surface area contributed by atoms with Gasteiger partial charge in [0.15, 0.2) is 5.13 Å². The Labute approximate surface area is 130 Å². The van der Waals surface area contributed by atoms with Crippen molar-refractivity contribution in [2.75, 3.05) is 43.6 Å². The van der Waals surface area contributed by atoms with E-state index in [1.807, 2.05) is 0 Å². The molecule has 1 N–H and O–H groups in total. The molecular formula is C16H23N3OS. The summed E-state index contributed by atoms with van der Waals surface area (Å²) in [5.41, 5.74) is 3.99. The Bertz CT molecular complexity index is 611. The standard InChI is InChI=1S/C16H23N3OS/c1-3-7-19-8-4-5-12-10-15-13(11-14(12)19)18-16(21-15)17-6-9-20-2/h10-11H,3-9H2,1-2H3,(H,17,18). The highest BCUT2D eigenvalue weighted by molar-refractivity contribution is 7.22. The van der Waals surface area contributed by atoms with E-state index in [-0.39, 0.29) is 0 Å². The number of hydrogen-bond donors (Lipinski definition) is 1. The molecule has 4 nitrogen and oxygen atoms in total. The zero-order valence-electron chi connectivity index (χ0n) is 12.8. The van der Waals surface area contributed by atoms with Crippen molar-refractivity contribution >= 4 is 32.4 Å². The number of benzene rings is 1. The van der Waals surface area contributed by atoms with Gasteiger partial charge in [-0.05, 0) is 37.0 Å². The van der Waals surface area contributed by atoms with Crippen molar-refractivity contribution in [2.24, 2.45) is 0 Å². The van der Waals surface area contributed by atoms with Crippen LogP contribution in [0.15, 0.2) is 12.1 Å². The van der Waals surface area contributed by atoms with Gasteiger partial charge in [-0.1, -0.05) is 18.3 Å². The first-order valence-corrected chi connectivity index (χ1v) is 8.54. The molecule has 5 heteroatoms. The van der Waals surface area contributed by atoms with Crippen LogP contribution in [0.3, 0.4) is 0 Å². The van der Waals surface area contributed by atoms with Gasteiger partial charge in [-0.3, -0.25) is 0 Å². The van der Waals surface area contributed by atoms with Crippen molar-refractivity contribution in [1.82, 2.24) is 4.98 Å². The van der Waals surface area contributed by atoms with Crippen LogP contribution in [-0.4, -0.2) is 38.3 Å². The molecule has 3 rings (SSSR count). The predicted octanol–water partition coefficient (Wildman–Crippen LogP) is 3.52. The molecule has 0 bridgehead atoms. The molecule has 114 valence electrons. The van der Waals surface area contributed by atoms with E-state index in [0.717, 1.165) is 23.7 Å². The second kappa shape index (κ2) is 6.62. The number of anilines is 2. The second-order valence-corrected chi connectivity index (χ2v) is 6.51. The summed E-state index contributed by atoms with van der Waals surface area (Å²) in [6, 6.07) is 4.61. The Morgan fingerprint density at radius 1 is 1.43 bits per heavy atom. The number of aryl methyl sites for hydroxylation is 1. The quantitative estimate of drug-likeness (QED) is 0.829. The molecule has 1 aliphatic heterocycles. The number of rotatable bonds is 6. The van der Waals surface area contributed by atoms with E-state index in [2.05, 4.69) is 29.3 Å². The summed E-state index contributed by atoms with van der Waals surface area (Å²) in [6.07, 6.45) is 3.64. The first-order valence-electron chi connectivity index (χ1n) is 7.73. The lowest BCUT2D eigenvalue weighted by atomic mass is 10.0. The molecule has 0 unspecified atom stereocenters. The Balaban J connectivity index is 1.88. The van der Waals surface area contributed by atoms with Crippen LogP contribution in [0.4, 0.5) is 10.8 Å². The van der Waals surface area contributed by atoms with Gasteiger partial charge < -0.3 is 15.0 Å². The Hall–Kier alpha value is -1.33. The monoisotopic (exact) mass is 305 g/mol. The smallest absolute Gasteiger partial charge is 0.183 e. The van der Waals surface area contributed by atoms with Crippen LogP contribution >= 0.6 is 11.3 Å². The van der Waals surface area contributed by atoms with Crippen LogP contribution in [0.2, 0.25) is 0 Å². The van der Waals surface area contributed by atoms with Crippen molar-refractivity contribution in [2.45, 2.75) is 26.2 Å². The third-order valence-corrected chi connectivity index (χ3v) is 4.86. The second-order valence-electron chi connectivity index (χ2n) is 5.48. The highest BCUT2D eigenvalue weighted by atomic mass is 32.1. The van der Waals surface area contributed by atoms with Gasteiger partial charge in [0, 0.05) is 32.4 Å². The molecule has 0 radical (unpaired) electrons. The van der Waals surface area contributed by atoms with Gasteiger partial charge in [0.2, 0.25) is 0 Å². The third-order valence-electron chi connectivity index (χ3n) is 3.88. The number of nitrogens with one attached hydrogen (secondary N) is 1. The van der Waals surface area contributed by atoms with Gasteiger partial charge in [-0.2, -0.15) is 0 Å². The molecule has 0 spiro atoms. The van der Waals surface area contributed by atoms with Gasteiger partial charge in [0.1, 0.15) is 0 Å². The van der Waals surface area contributed by atoms with Crippen molar-refractivity contribution in [3.63, 3.8) is 0 Å². The minimum absolute atomic E-state index is 0.705. The molecule has 0 amide bonds. The molecule has 0 saturated heterocycles. The summed E-state index contributed by atoms with van der Waals surface area (Å²) in [5, 5.41) is 4.32. The first kappa shape index (κ1) is 14.6. The summed E-state index contributed by atoms with van der Waals surface area (Å²) in [7, 11) is 1.72. The third kappa shape index (κ3) is 3.14. The molecule has 21 heavy (non-hydrogen) atoms. The lowest BCUT2D eigenvalue weighted by molar-refractivity contribution is 0.211. The fourth-order valence-electron chi connectivity index (χ4n) is 2.92. The number of ether oxygens (including phenoxy) is 1. The lowest BCUT2D eigenvalue weighted by Crippen LogP contribution is -2.29. The van der Waals surface area contributed by atoms with Crippen LogP contribution in [0.1, 0.15) is 25.3 Å². The van der Waals surface area contributed by atoms with E-state index >= 15 is 0 Å². The Morgan fingerprint density at radius 3 is 3.14 bits per heavy atom. The minimum Gasteiger partial charge on any atom is -0.383 e. The van der Waals surface area contributed by atoms with E-state index < -0.39 is 0 Å². The number of nitrogens with zero attached hydrogens (tertiary/aromatic N) is 2. The number of hydrogen-bond acceptors (Lipinski definition) is 5. The molecule has 0 aliphatic carbocycles. The molecule has 2 heterocycles. The maximum Gasteiger partial charge on any atom is 0.183 e. The summed E-state index contributed by atoms with van der Waals surface area (Å²) in [6.45, 7) is 6.07. The number of methoxy groups -OCH3 is 1. The molecule has 0 atom stereocenters. The maximum atomic E-state index is 5.07. The Kier molecular flexibility index (Phi) is 4.60. The fraction of sp³-hybridized carbons (Fsp3) is 0.562. The molecule has 2 aromatic rings. The van der Waals surface area contributed by atoms with Crippen LogP contribution in [0.25, 0.3) is 10.2 Å². The molecule has 1 aliphatic rings. The normalized spacial score (nSPS) is 14.5. The van der Waals surface area contributed by atoms with E-state index in [4.69, 9.17) is 9.72 Å². The molecule has 0 saturated carbocycles. The van der Waals surface area contributed by atoms with E-state index in [1.165, 1.54) is 41.8 Å². The van der Waals surface area contributed by atoms with Crippen molar-refractivity contribution < 1.29 is 4.74 Å². The van der Waals surface area contributed by atoms with Crippen LogP contribution < -0.4 is 10.2 Å². The number of fused-ring (bicyclic) bond motifs is 2. The zero-order chi connectivity index (χ0) is 14.7. The summed E-state index contributed by atoms with van der Waals surface area (Å²) in [4.78, 5) is 7.22. The van der Waals surface area contributed by atoms with Crippen molar-refractivity contribution in [3.8, 4) is 0 Å². The van der Waals surface area contributed by atoms with Crippen LogP contribution in [-0.2, 0) is 11.2 Å². The average Bonchev–Trinajstić information content (AvgIpc) is 2.88. The van der Waals surface area contributed by atoms with Crippen molar-refractivity contribution in [1.29, 1.82) is 0 Å². The SMILES string of the molecule is CCCN1CCCc2cc3sc(NCCOC)nc3cc21. The first-order chi connectivity index (χ1) is 10.3. The number of thiazole rings is 1. The topological polar surface area (TPSA) is 37.4 Å². The van der Waals surface area contributed by atoms with E-state index in [1.54, 1.807) is 18.4 Å². The zero-order valence-corrected chi connectivity index (χ0v) is 13.6. The van der Waals surface area contributed by atoms with Crippen LogP contribution in [0, 0.1) is 0 Å². The Morgan fingerprint density at radius 2 is 2.33 bits per heavy atom. The number of aromatic nitrogens is 1. The predicted molar refractivity (Wildman–Crippen MR) is 90.8 cm³/mol. The van der Waals surface area contributed by atoms with Gasteiger partial charge in [0.05, 0.1) is 16.8 Å². The fourth-order valence-corrected chi connectivity index (χ4v) is 3.86. The largest absolute Gasteiger partial charge is 0.383 e. The summed E-state index contributed by atoms with van der Waals surface area (Å²) >= 11 is 1.74. The van der Waals surface area contributed by atoms with E-state index in [9.17, 15) is 0 Å². The average molecular weight is 305 g/mol. The van der Waals surface area contributed by atoms with Gasteiger partial charge in [-0.25, -0.2) is 4.98 Å². The molecule has 0 fully saturated rings. The molecule has 1 aromatic carbocycles. The van der Waals surface area contributed by atoms with Crippen molar-refractivity contribution in [3.05, 3.63) is 17.7 Å². The van der Waals surface area contributed by atoms with E-state index in [0.29, 0.717) is 6.61 Å². The maximum absolute atomic E-state index is 5.07. The highest BCUT2D eigenvalue weighted by Gasteiger charge is 2.18. The summed E-state index contributed by atoms with van der Waals surface area (Å²) < 4.78 is 6.35. The van der Waals surface area contributed by atoms with Gasteiger partial charge in [0.25, 0.3) is 0 Å². The highest BCUT2D eigenvalue weighted by Crippen LogP contribution is 2.35. The van der Waals surface area contributed by atoms with Gasteiger partial charge in [-0.15, -0.1) is 0 Å². The van der Waals surface area contributed by atoms with Crippen LogP contribution in [0.5, 0.6) is 0 Å². The minimum atomic E-state index is 0.705.